The molecular weight excluding hydrogens is 296 g/mol. The molecule has 1 aromatic heterocycles. The zero-order chi connectivity index (χ0) is 16.7. The minimum absolute atomic E-state index is 0.226. The van der Waals surface area contributed by atoms with E-state index in [1.54, 1.807) is 0 Å². The van der Waals surface area contributed by atoms with Crippen LogP contribution < -0.4 is 0 Å². The summed E-state index contributed by atoms with van der Waals surface area (Å²) in [5, 5.41) is 1.07. The number of aromatic nitrogens is 1. The lowest BCUT2D eigenvalue weighted by molar-refractivity contribution is 0.0922. The van der Waals surface area contributed by atoms with Gasteiger partial charge in [0.05, 0.1) is 6.54 Å². The molecule has 24 heavy (non-hydrogen) atoms. The van der Waals surface area contributed by atoms with Gasteiger partial charge in [0, 0.05) is 42.3 Å². The normalized spacial score (nSPS) is 14.8. The van der Waals surface area contributed by atoms with Crippen LogP contribution in [0.2, 0.25) is 0 Å². The van der Waals surface area contributed by atoms with Crippen molar-refractivity contribution in [1.29, 1.82) is 0 Å². The maximum atomic E-state index is 13.0. The minimum atomic E-state index is 0.226. The SMILES string of the molecule is Cc1c(C(=O)CN2CCc3ccccc3C2)c2ccccc2n1C. The van der Waals surface area contributed by atoms with E-state index in [1.165, 1.54) is 11.1 Å². The first-order valence-corrected chi connectivity index (χ1v) is 8.51. The average Bonchev–Trinajstić information content (AvgIpc) is 2.86. The Bertz CT molecular complexity index is 923. The van der Waals surface area contributed by atoms with Gasteiger partial charge >= 0.3 is 0 Å². The van der Waals surface area contributed by atoms with E-state index in [1.807, 2.05) is 26.1 Å². The summed E-state index contributed by atoms with van der Waals surface area (Å²) < 4.78 is 2.12. The number of ketones is 1. The van der Waals surface area contributed by atoms with E-state index < -0.39 is 0 Å². The fraction of sp³-hybridized carbons (Fsp3) is 0.286. The van der Waals surface area contributed by atoms with Gasteiger partial charge in [-0.05, 0) is 30.5 Å². The molecule has 0 N–H and O–H groups in total. The van der Waals surface area contributed by atoms with Crippen LogP contribution in [0.15, 0.2) is 48.5 Å². The molecule has 122 valence electrons. The lowest BCUT2D eigenvalue weighted by atomic mass is 9.99. The number of carbonyl (C=O) groups is 1. The summed E-state index contributed by atoms with van der Waals surface area (Å²) >= 11 is 0. The lowest BCUT2D eigenvalue weighted by Gasteiger charge is -2.28. The Balaban J connectivity index is 1.61. The van der Waals surface area contributed by atoms with Crippen LogP contribution in [0.25, 0.3) is 10.9 Å². The molecule has 3 heteroatoms. The van der Waals surface area contributed by atoms with Crippen LogP contribution in [0.3, 0.4) is 0 Å². The first-order valence-electron chi connectivity index (χ1n) is 8.51. The standard InChI is InChI=1S/C21H22N2O/c1-15-21(18-9-5-6-10-19(18)22(15)2)20(24)14-23-12-11-16-7-3-4-8-17(16)13-23/h3-10H,11-14H2,1-2H3. The Morgan fingerprint density at radius 3 is 2.58 bits per heavy atom. The predicted molar refractivity (Wildman–Crippen MR) is 97.4 cm³/mol. The second kappa shape index (κ2) is 5.91. The highest BCUT2D eigenvalue weighted by molar-refractivity contribution is 6.10. The van der Waals surface area contributed by atoms with Gasteiger partial charge in [0.1, 0.15) is 0 Å². The molecule has 2 heterocycles. The van der Waals surface area contributed by atoms with Crippen LogP contribution >= 0.6 is 0 Å². The van der Waals surface area contributed by atoms with E-state index in [9.17, 15) is 4.79 Å². The van der Waals surface area contributed by atoms with Crippen molar-refractivity contribution in [3.8, 4) is 0 Å². The van der Waals surface area contributed by atoms with Crippen LogP contribution in [0.4, 0.5) is 0 Å². The Morgan fingerprint density at radius 1 is 1.04 bits per heavy atom. The molecule has 0 saturated heterocycles. The molecule has 0 fully saturated rings. The monoisotopic (exact) mass is 318 g/mol. The number of para-hydroxylation sites is 1. The Labute approximate surface area is 142 Å². The van der Waals surface area contributed by atoms with Gasteiger partial charge in [0.25, 0.3) is 0 Å². The molecule has 0 atom stereocenters. The number of benzene rings is 2. The maximum Gasteiger partial charge on any atom is 0.179 e. The van der Waals surface area contributed by atoms with Crippen molar-refractivity contribution in [1.82, 2.24) is 9.47 Å². The van der Waals surface area contributed by atoms with Crippen molar-refractivity contribution in [3.05, 3.63) is 70.9 Å². The summed E-state index contributed by atoms with van der Waals surface area (Å²) in [4.78, 5) is 15.3. The van der Waals surface area contributed by atoms with Crippen LogP contribution in [0, 0.1) is 6.92 Å². The van der Waals surface area contributed by atoms with E-state index >= 15 is 0 Å². The van der Waals surface area contributed by atoms with Crippen molar-refractivity contribution >= 4 is 16.7 Å². The van der Waals surface area contributed by atoms with Gasteiger partial charge in [-0.25, -0.2) is 0 Å². The highest BCUT2D eigenvalue weighted by Gasteiger charge is 2.22. The van der Waals surface area contributed by atoms with Crippen LogP contribution in [-0.2, 0) is 20.0 Å². The van der Waals surface area contributed by atoms with E-state index in [4.69, 9.17) is 0 Å². The molecule has 0 amide bonds. The summed E-state index contributed by atoms with van der Waals surface area (Å²) in [5.74, 6) is 0.226. The third kappa shape index (κ3) is 2.45. The van der Waals surface area contributed by atoms with Crippen LogP contribution in [0.1, 0.15) is 27.2 Å². The molecule has 3 aromatic rings. The summed E-state index contributed by atoms with van der Waals surface area (Å²) in [6.45, 7) is 4.35. The van der Waals surface area contributed by atoms with Crippen molar-refractivity contribution in [2.75, 3.05) is 13.1 Å². The minimum Gasteiger partial charge on any atom is -0.347 e. The zero-order valence-electron chi connectivity index (χ0n) is 14.2. The molecule has 0 spiro atoms. The molecule has 1 aliphatic rings. The molecule has 1 aliphatic heterocycles. The quantitative estimate of drug-likeness (QED) is 0.688. The fourth-order valence-corrected chi connectivity index (χ4v) is 3.84. The van der Waals surface area contributed by atoms with Crippen LogP contribution in [0.5, 0.6) is 0 Å². The highest BCUT2D eigenvalue weighted by Crippen LogP contribution is 2.26. The van der Waals surface area contributed by atoms with Gasteiger partial charge in [0.15, 0.2) is 5.78 Å². The third-order valence-corrected chi connectivity index (χ3v) is 5.26. The topological polar surface area (TPSA) is 25.2 Å². The Morgan fingerprint density at radius 2 is 1.75 bits per heavy atom. The van der Waals surface area contributed by atoms with Gasteiger partial charge in [-0.15, -0.1) is 0 Å². The number of carbonyl (C=O) groups excluding carboxylic acids is 1. The lowest BCUT2D eigenvalue weighted by Crippen LogP contribution is -2.35. The molecule has 2 aromatic carbocycles. The highest BCUT2D eigenvalue weighted by atomic mass is 16.1. The first-order chi connectivity index (χ1) is 11.6. The second-order valence-corrected chi connectivity index (χ2v) is 6.69. The van der Waals surface area contributed by atoms with Crippen LogP contribution in [-0.4, -0.2) is 28.3 Å². The van der Waals surface area contributed by atoms with E-state index in [-0.39, 0.29) is 5.78 Å². The molecule has 0 unspecified atom stereocenters. The summed E-state index contributed by atoms with van der Waals surface area (Å²) in [7, 11) is 2.03. The van der Waals surface area contributed by atoms with Gasteiger partial charge < -0.3 is 4.57 Å². The third-order valence-electron chi connectivity index (χ3n) is 5.26. The Kier molecular flexibility index (Phi) is 3.73. The van der Waals surface area contributed by atoms with Gasteiger partial charge in [-0.2, -0.15) is 0 Å². The van der Waals surface area contributed by atoms with Crippen molar-refractivity contribution in [2.24, 2.45) is 7.05 Å². The predicted octanol–water partition coefficient (Wildman–Crippen LogP) is 3.73. The molecule has 0 saturated carbocycles. The molecule has 0 bridgehead atoms. The van der Waals surface area contributed by atoms with Crippen molar-refractivity contribution in [2.45, 2.75) is 19.9 Å². The van der Waals surface area contributed by atoms with E-state index in [0.717, 1.165) is 41.7 Å². The van der Waals surface area contributed by atoms with E-state index in [2.05, 4.69) is 45.9 Å². The molecule has 0 aliphatic carbocycles. The van der Waals surface area contributed by atoms with Gasteiger partial charge in [-0.1, -0.05) is 42.5 Å². The molecule has 4 rings (SSSR count). The molecule has 0 radical (unpaired) electrons. The average molecular weight is 318 g/mol. The largest absolute Gasteiger partial charge is 0.347 e. The fourth-order valence-electron chi connectivity index (χ4n) is 3.84. The molecular formula is C21H22N2O. The summed E-state index contributed by atoms with van der Waals surface area (Å²) in [6.07, 6.45) is 1.03. The summed E-state index contributed by atoms with van der Waals surface area (Å²) in [5.41, 5.74) is 5.83. The van der Waals surface area contributed by atoms with Crippen molar-refractivity contribution < 1.29 is 4.79 Å². The number of hydrogen-bond donors (Lipinski definition) is 0. The Hall–Kier alpha value is -2.39. The number of nitrogens with zero attached hydrogens (tertiary/aromatic N) is 2. The first kappa shape index (κ1) is 15.2. The number of aryl methyl sites for hydroxylation is 1. The maximum absolute atomic E-state index is 13.0. The van der Waals surface area contributed by atoms with Gasteiger partial charge in [0.2, 0.25) is 0 Å². The summed E-state index contributed by atoms with van der Waals surface area (Å²) in [6, 6.07) is 16.7. The van der Waals surface area contributed by atoms with Crippen molar-refractivity contribution in [3.63, 3.8) is 0 Å². The second-order valence-electron chi connectivity index (χ2n) is 6.69. The van der Waals surface area contributed by atoms with E-state index in [0.29, 0.717) is 6.54 Å². The smallest absolute Gasteiger partial charge is 0.179 e. The number of fused-ring (bicyclic) bond motifs is 2. The number of Topliss-reactive ketones (excluding diaryl/α,β-unsaturated/α-hetero) is 1. The molecule has 3 nitrogen and oxygen atoms in total. The van der Waals surface area contributed by atoms with Gasteiger partial charge in [-0.3, -0.25) is 9.69 Å². The number of rotatable bonds is 3. The number of hydrogen-bond acceptors (Lipinski definition) is 2. The zero-order valence-corrected chi connectivity index (χ0v) is 14.2.